The lowest BCUT2D eigenvalue weighted by Gasteiger charge is -2.26. The van der Waals surface area contributed by atoms with E-state index in [1.807, 2.05) is 0 Å². The zero-order valence-corrected chi connectivity index (χ0v) is 20.0. The van der Waals surface area contributed by atoms with Crippen LogP contribution in [0.3, 0.4) is 0 Å². The fourth-order valence-electron chi connectivity index (χ4n) is 4.14. The number of phenols is 1. The number of aliphatic hydroxyl groups excluding tert-OH is 3. The number of aromatic hydroxyl groups is 1. The molecule has 194 valence electrons. The molecule has 0 spiro atoms. The van der Waals surface area contributed by atoms with Crippen molar-refractivity contribution in [3.05, 3.63) is 35.4 Å². The molecule has 2 aliphatic rings. The first-order valence-electron chi connectivity index (χ1n) is 12.0. The minimum Gasteiger partial charge on any atom is -0.507 e. The predicted octanol–water partition coefficient (Wildman–Crippen LogP) is 0.583. The second kappa shape index (κ2) is 13.0. The third-order valence-electron chi connectivity index (χ3n) is 6.05. The highest BCUT2D eigenvalue weighted by atomic mass is 16.5. The van der Waals surface area contributed by atoms with Crippen LogP contribution in [-0.2, 0) is 20.7 Å². The van der Waals surface area contributed by atoms with Crippen molar-refractivity contribution in [2.24, 2.45) is 0 Å². The van der Waals surface area contributed by atoms with E-state index < -0.39 is 36.2 Å². The monoisotopic (exact) mass is 493 g/mol. The predicted molar refractivity (Wildman–Crippen MR) is 125 cm³/mol. The van der Waals surface area contributed by atoms with Crippen LogP contribution in [0.4, 0.5) is 0 Å². The molecule has 1 aromatic carbocycles. The molecule has 4 N–H and O–H groups in total. The Bertz CT molecular complexity index is 897. The van der Waals surface area contributed by atoms with Gasteiger partial charge in [-0.05, 0) is 37.5 Å². The third kappa shape index (κ3) is 8.01. The molecule has 1 fully saturated rings. The van der Waals surface area contributed by atoms with E-state index in [-0.39, 0.29) is 36.1 Å². The molecule has 3 rings (SSSR count). The minimum absolute atomic E-state index is 0.0938. The van der Waals surface area contributed by atoms with Gasteiger partial charge in [0, 0.05) is 38.5 Å². The molecule has 4 atom stereocenters. The maximum Gasteiger partial charge on any atom is 0.342 e. The fraction of sp³-hybridized carbons (Fsp3) is 0.600. The number of cyclic esters (lactones) is 1. The number of esters is 1. The number of rotatable bonds is 5. The van der Waals surface area contributed by atoms with E-state index in [1.54, 1.807) is 13.0 Å². The molecule has 0 radical (unpaired) electrons. The average molecular weight is 494 g/mol. The van der Waals surface area contributed by atoms with Crippen molar-refractivity contribution >= 4 is 11.8 Å². The summed E-state index contributed by atoms with van der Waals surface area (Å²) in [6.07, 6.45) is -1.94. The van der Waals surface area contributed by atoms with Gasteiger partial charge < -0.3 is 34.6 Å². The van der Waals surface area contributed by atoms with Gasteiger partial charge in [0.2, 0.25) is 0 Å². The highest BCUT2D eigenvalue weighted by molar-refractivity contribution is 5.95. The summed E-state index contributed by atoms with van der Waals surface area (Å²) in [6.45, 7) is 6.04. The van der Waals surface area contributed by atoms with E-state index in [9.17, 15) is 30.0 Å². The molecule has 10 heteroatoms. The summed E-state index contributed by atoms with van der Waals surface area (Å²) in [5, 5.41) is 41.4. The lowest BCUT2D eigenvalue weighted by molar-refractivity contribution is -0.129. The van der Waals surface area contributed by atoms with Gasteiger partial charge in [-0.15, -0.1) is 0 Å². The normalized spacial score (nSPS) is 28.0. The number of phenolic OH excluding ortho intramolecular Hbond substituents is 1. The Kier molecular flexibility index (Phi) is 10.1. The van der Waals surface area contributed by atoms with Gasteiger partial charge in [-0.2, -0.15) is 0 Å². The van der Waals surface area contributed by atoms with Crippen LogP contribution in [0.1, 0.15) is 42.1 Å². The van der Waals surface area contributed by atoms with Gasteiger partial charge >= 0.3 is 5.97 Å². The summed E-state index contributed by atoms with van der Waals surface area (Å²) in [4.78, 5) is 27.2. The van der Waals surface area contributed by atoms with Crippen LogP contribution in [0.25, 0.3) is 0 Å². The Morgan fingerprint density at radius 3 is 2.63 bits per heavy atom. The van der Waals surface area contributed by atoms with Gasteiger partial charge in [0.05, 0.1) is 32.0 Å². The number of carbonyl (C=O) groups is 2. The summed E-state index contributed by atoms with van der Waals surface area (Å²) >= 11 is 0. The first-order chi connectivity index (χ1) is 16.7. The van der Waals surface area contributed by atoms with E-state index in [4.69, 9.17) is 14.2 Å². The molecule has 0 aliphatic carbocycles. The quantitative estimate of drug-likeness (QED) is 0.339. The van der Waals surface area contributed by atoms with Crippen molar-refractivity contribution in [2.75, 3.05) is 39.5 Å². The third-order valence-corrected chi connectivity index (χ3v) is 6.05. The van der Waals surface area contributed by atoms with Crippen molar-refractivity contribution in [1.29, 1.82) is 0 Å². The highest BCUT2D eigenvalue weighted by Gasteiger charge is 2.28. The Morgan fingerprint density at radius 1 is 1.14 bits per heavy atom. The minimum atomic E-state index is -1.68. The van der Waals surface area contributed by atoms with Gasteiger partial charge in [0.25, 0.3) is 0 Å². The second-order valence-corrected chi connectivity index (χ2v) is 8.99. The van der Waals surface area contributed by atoms with Crippen molar-refractivity contribution in [1.82, 2.24) is 4.90 Å². The summed E-state index contributed by atoms with van der Waals surface area (Å²) in [5.74, 6) is -1.48. The Hall–Kier alpha value is -2.50. The van der Waals surface area contributed by atoms with Gasteiger partial charge in [-0.25, -0.2) is 4.79 Å². The summed E-state index contributed by atoms with van der Waals surface area (Å²) in [6, 6.07) is 2.89. The zero-order chi connectivity index (χ0) is 25.4. The molecule has 2 aliphatic heterocycles. The van der Waals surface area contributed by atoms with Crippen molar-refractivity contribution in [3.63, 3.8) is 0 Å². The topological polar surface area (TPSA) is 146 Å². The van der Waals surface area contributed by atoms with E-state index in [2.05, 4.69) is 4.90 Å². The second-order valence-electron chi connectivity index (χ2n) is 8.99. The van der Waals surface area contributed by atoms with Gasteiger partial charge in [-0.3, -0.25) is 9.69 Å². The maximum atomic E-state index is 12.8. The average Bonchev–Trinajstić information content (AvgIpc) is 2.81. The van der Waals surface area contributed by atoms with Gasteiger partial charge in [0.15, 0.2) is 5.78 Å². The van der Waals surface area contributed by atoms with Gasteiger partial charge in [-0.1, -0.05) is 6.08 Å². The molecule has 1 aromatic rings. The van der Waals surface area contributed by atoms with Crippen LogP contribution < -0.4 is 4.74 Å². The first-order valence-corrected chi connectivity index (χ1v) is 12.0. The fourth-order valence-corrected chi connectivity index (χ4v) is 4.14. The molecule has 0 aromatic heterocycles. The molecule has 10 nitrogen and oxygen atoms in total. The zero-order valence-electron chi connectivity index (χ0n) is 20.0. The van der Waals surface area contributed by atoms with E-state index in [0.717, 1.165) is 32.1 Å². The Balaban J connectivity index is 1.76. The highest BCUT2D eigenvalue weighted by Crippen LogP contribution is 2.31. The molecule has 0 bridgehead atoms. The van der Waals surface area contributed by atoms with Crippen molar-refractivity contribution < 1.29 is 44.2 Å². The molecular weight excluding hydrogens is 458 g/mol. The summed E-state index contributed by atoms with van der Waals surface area (Å²) in [5.41, 5.74) is 0.183. The largest absolute Gasteiger partial charge is 0.507 e. The molecular formula is C25H35NO9. The molecule has 2 heterocycles. The number of nitrogens with zero attached hydrogens (tertiary/aromatic N) is 1. The molecule has 35 heavy (non-hydrogen) atoms. The lowest BCUT2D eigenvalue weighted by Crippen LogP contribution is -2.37. The Morgan fingerprint density at radius 2 is 1.89 bits per heavy atom. The molecule has 0 amide bonds. The van der Waals surface area contributed by atoms with Crippen LogP contribution >= 0.6 is 0 Å². The van der Waals surface area contributed by atoms with Crippen molar-refractivity contribution in [2.45, 2.75) is 57.0 Å². The molecule has 0 saturated carbocycles. The van der Waals surface area contributed by atoms with Crippen molar-refractivity contribution in [3.8, 4) is 11.5 Å². The molecule has 1 saturated heterocycles. The molecule has 0 unspecified atom stereocenters. The first kappa shape index (κ1) is 27.1. The number of fused-ring (bicyclic) bond motifs is 1. The van der Waals surface area contributed by atoms with E-state index in [0.29, 0.717) is 25.6 Å². The smallest absolute Gasteiger partial charge is 0.342 e. The SMILES string of the molecule is C[C@H]1C/C=C\C(=O)[C@@H](O)[C@@H](O)C[C@@H](O)Cc2cc(OCCCN3CCOCC3)cc(O)c2C(=O)O1. The maximum absolute atomic E-state index is 12.8. The number of ether oxygens (including phenoxy) is 3. The van der Waals surface area contributed by atoms with Gasteiger partial charge in [0.1, 0.15) is 29.3 Å². The number of carbonyl (C=O) groups excluding carboxylic acids is 2. The lowest BCUT2D eigenvalue weighted by atomic mass is 9.95. The number of morpholine rings is 1. The number of benzene rings is 1. The van der Waals surface area contributed by atoms with Crippen LogP contribution in [0.5, 0.6) is 11.5 Å². The van der Waals surface area contributed by atoms with Crippen LogP contribution in [0.2, 0.25) is 0 Å². The number of hydrogen-bond donors (Lipinski definition) is 4. The summed E-state index contributed by atoms with van der Waals surface area (Å²) < 4.78 is 16.6. The van der Waals surface area contributed by atoms with E-state index in [1.165, 1.54) is 12.1 Å². The number of ketones is 1. The number of hydrogen-bond acceptors (Lipinski definition) is 10. The Labute approximate surface area is 204 Å². The van der Waals surface area contributed by atoms with Crippen LogP contribution in [0.15, 0.2) is 24.3 Å². The van der Waals surface area contributed by atoms with Crippen LogP contribution in [-0.4, -0.2) is 101 Å². The number of aliphatic hydroxyl groups is 3. The standard InChI is InChI=1S/C25H35NO9/c1-16-4-2-5-20(28)24(31)22(30)14-18(27)12-17-13-19(15-21(29)23(17)25(32)35-16)34-9-3-6-26-7-10-33-11-8-26/h2,5,13,15-16,18,22,24,27,29-31H,3-4,6-12,14H2,1H3/b5-2-/t16-,18-,22-,24+/m0/s1. The summed E-state index contributed by atoms with van der Waals surface area (Å²) in [7, 11) is 0. The van der Waals surface area contributed by atoms with Crippen LogP contribution in [0, 0.1) is 0 Å². The van der Waals surface area contributed by atoms with E-state index >= 15 is 0 Å².